The minimum Gasteiger partial charge on any atom is -0.481 e. The van der Waals surface area contributed by atoms with Gasteiger partial charge in [0, 0.05) is 17.3 Å². The molecule has 0 unspecified atom stereocenters. The molecule has 3 aromatic rings. The van der Waals surface area contributed by atoms with Gasteiger partial charge in [0.25, 0.3) is 5.91 Å². The lowest BCUT2D eigenvalue weighted by molar-refractivity contribution is -0.118. The van der Waals surface area contributed by atoms with E-state index in [9.17, 15) is 4.79 Å². The molecule has 0 fully saturated rings. The smallest absolute Gasteiger partial charge is 0.262 e. The van der Waals surface area contributed by atoms with Crippen LogP contribution in [-0.2, 0) is 11.2 Å². The molecule has 1 N–H and O–H groups in total. The lowest BCUT2D eigenvalue weighted by Crippen LogP contribution is -2.20. The fourth-order valence-corrected chi connectivity index (χ4v) is 2.36. The van der Waals surface area contributed by atoms with Crippen LogP contribution in [0.15, 0.2) is 60.8 Å². The van der Waals surface area contributed by atoms with E-state index in [0.29, 0.717) is 5.75 Å². The number of nitrogens with one attached hydrogen (secondary N) is 1. The van der Waals surface area contributed by atoms with Crippen LogP contribution in [-0.4, -0.2) is 17.5 Å². The lowest BCUT2D eigenvalue weighted by atomic mass is 10.1. The summed E-state index contributed by atoms with van der Waals surface area (Å²) in [7, 11) is 0. The number of hydrogen-bond acceptors (Lipinski definition) is 3. The maximum absolute atomic E-state index is 12.0. The van der Waals surface area contributed by atoms with Crippen LogP contribution in [0.1, 0.15) is 12.5 Å². The summed E-state index contributed by atoms with van der Waals surface area (Å²) in [6.45, 7) is 2.05. The summed E-state index contributed by atoms with van der Waals surface area (Å²) in [6.07, 6.45) is 2.69. The average molecular weight is 306 g/mol. The van der Waals surface area contributed by atoms with Gasteiger partial charge in [0.1, 0.15) is 11.3 Å². The summed E-state index contributed by atoms with van der Waals surface area (Å²) in [5.41, 5.74) is 2.77. The maximum Gasteiger partial charge on any atom is 0.262 e. The molecule has 0 aliphatic carbocycles. The second-order valence-electron chi connectivity index (χ2n) is 5.22. The van der Waals surface area contributed by atoms with Crippen molar-refractivity contribution in [2.24, 2.45) is 0 Å². The molecule has 2 aromatic carbocycles. The third-order valence-corrected chi connectivity index (χ3v) is 3.60. The Labute approximate surface area is 135 Å². The van der Waals surface area contributed by atoms with E-state index in [1.54, 1.807) is 6.20 Å². The minimum absolute atomic E-state index is 0.0504. The van der Waals surface area contributed by atoms with E-state index >= 15 is 0 Å². The number of pyridine rings is 1. The highest BCUT2D eigenvalue weighted by Crippen LogP contribution is 2.22. The lowest BCUT2D eigenvalue weighted by Gasteiger charge is -2.09. The second-order valence-corrected chi connectivity index (χ2v) is 5.22. The van der Waals surface area contributed by atoms with Gasteiger partial charge in [-0.25, -0.2) is 0 Å². The van der Waals surface area contributed by atoms with E-state index in [1.807, 2.05) is 54.6 Å². The quantitative estimate of drug-likeness (QED) is 0.779. The summed E-state index contributed by atoms with van der Waals surface area (Å²) in [6, 6.07) is 17.3. The number of para-hydroxylation sites is 1. The Morgan fingerprint density at radius 2 is 1.87 bits per heavy atom. The first kappa shape index (κ1) is 15.0. The van der Waals surface area contributed by atoms with Crippen molar-refractivity contribution >= 4 is 22.5 Å². The monoisotopic (exact) mass is 306 g/mol. The molecular weight excluding hydrogens is 288 g/mol. The van der Waals surface area contributed by atoms with Crippen LogP contribution < -0.4 is 10.1 Å². The van der Waals surface area contributed by atoms with E-state index in [0.717, 1.165) is 23.0 Å². The van der Waals surface area contributed by atoms with Crippen molar-refractivity contribution in [2.75, 3.05) is 11.9 Å². The number of ether oxygens (including phenoxy) is 1. The highest BCUT2D eigenvalue weighted by Gasteiger charge is 2.07. The molecule has 1 aromatic heterocycles. The minimum atomic E-state index is -0.192. The highest BCUT2D eigenvalue weighted by atomic mass is 16.5. The van der Waals surface area contributed by atoms with Gasteiger partial charge >= 0.3 is 0 Å². The Kier molecular flexibility index (Phi) is 4.52. The number of carbonyl (C=O) groups is 1. The number of aryl methyl sites for hydroxylation is 1. The van der Waals surface area contributed by atoms with Crippen molar-refractivity contribution in [3.63, 3.8) is 0 Å². The summed E-state index contributed by atoms with van der Waals surface area (Å²) in [5.74, 6) is 0.418. The Morgan fingerprint density at radius 1 is 1.09 bits per heavy atom. The molecule has 23 heavy (non-hydrogen) atoms. The van der Waals surface area contributed by atoms with Gasteiger partial charge in [-0.3, -0.25) is 9.78 Å². The van der Waals surface area contributed by atoms with Crippen molar-refractivity contribution in [2.45, 2.75) is 13.3 Å². The summed E-state index contributed by atoms with van der Waals surface area (Å²) in [5, 5.41) is 3.81. The largest absolute Gasteiger partial charge is 0.481 e. The van der Waals surface area contributed by atoms with Gasteiger partial charge in [-0.1, -0.05) is 37.3 Å². The fraction of sp³-hybridized carbons (Fsp3) is 0.158. The second kappa shape index (κ2) is 6.92. The molecule has 0 radical (unpaired) electrons. The molecule has 0 atom stereocenters. The molecule has 4 heteroatoms. The number of anilines is 1. The Hall–Kier alpha value is -2.88. The first-order valence-corrected chi connectivity index (χ1v) is 7.61. The third-order valence-electron chi connectivity index (χ3n) is 3.60. The molecular formula is C19H18N2O2. The fourth-order valence-electron chi connectivity index (χ4n) is 2.36. The predicted molar refractivity (Wildman–Crippen MR) is 91.7 cm³/mol. The zero-order chi connectivity index (χ0) is 16.1. The third kappa shape index (κ3) is 3.66. The van der Waals surface area contributed by atoms with Crippen LogP contribution in [0.4, 0.5) is 5.69 Å². The Balaban J connectivity index is 1.63. The van der Waals surface area contributed by atoms with Crippen LogP contribution in [0.3, 0.4) is 0 Å². The first-order chi connectivity index (χ1) is 11.3. The van der Waals surface area contributed by atoms with Crippen LogP contribution in [0.2, 0.25) is 0 Å². The molecule has 0 aliphatic heterocycles. The number of hydrogen-bond donors (Lipinski definition) is 1. The normalized spacial score (nSPS) is 10.5. The van der Waals surface area contributed by atoms with Gasteiger partial charge in [-0.2, -0.15) is 0 Å². The molecule has 116 valence electrons. The van der Waals surface area contributed by atoms with Crippen molar-refractivity contribution in [3.8, 4) is 5.75 Å². The van der Waals surface area contributed by atoms with Crippen LogP contribution in [0, 0.1) is 0 Å². The molecule has 0 aliphatic rings. The molecule has 1 amide bonds. The van der Waals surface area contributed by atoms with Gasteiger partial charge < -0.3 is 10.1 Å². The van der Waals surface area contributed by atoms with Gasteiger partial charge in [0.15, 0.2) is 6.61 Å². The topological polar surface area (TPSA) is 51.2 Å². The van der Waals surface area contributed by atoms with Crippen molar-refractivity contribution < 1.29 is 9.53 Å². The molecule has 0 bridgehead atoms. The number of aromatic nitrogens is 1. The van der Waals surface area contributed by atoms with E-state index in [-0.39, 0.29) is 12.5 Å². The zero-order valence-electron chi connectivity index (χ0n) is 13.0. The average Bonchev–Trinajstić information content (AvgIpc) is 2.60. The number of fused-ring (bicyclic) bond motifs is 1. The van der Waals surface area contributed by atoms with Crippen molar-refractivity contribution in [1.82, 2.24) is 4.98 Å². The number of amides is 1. The highest BCUT2D eigenvalue weighted by molar-refractivity contribution is 5.92. The van der Waals surface area contributed by atoms with E-state index in [1.165, 1.54) is 5.56 Å². The Bertz CT molecular complexity index is 808. The molecule has 1 heterocycles. The van der Waals surface area contributed by atoms with Crippen LogP contribution in [0.25, 0.3) is 10.9 Å². The van der Waals surface area contributed by atoms with Gasteiger partial charge in [0.2, 0.25) is 0 Å². The van der Waals surface area contributed by atoms with Crippen molar-refractivity contribution in [1.29, 1.82) is 0 Å². The van der Waals surface area contributed by atoms with Crippen LogP contribution in [0.5, 0.6) is 5.75 Å². The summed E-state index contributed by atoms with van der Waals surface area (Å²) >= 11 is 0. The van der Waals surface area contributed by atoms with Crippen molar-refractivity contribution in [3.05, 3.63) is 66.4 Å². The number of benzene rings is 2. The molecule has 0 saturated carbocycles. The van der Waals surface area contributed by atoms with Crippen LogP contribution >= 0.6 is 0 Å². The number of nitrogens with zero attached hydrogens (tertiary/aromatic N) is 1. The van der Waals surface area contributed by atoms with Gasteiger partial charge in [-0.05, 0) is 36.2 Å². The van der Waals surface area contributed by atoms with E-state index in [2.05, 4.69) is 17.2 Å². The maximum atomic E-state index is 12.0. The molecule has 4 nitrogen and oxygen atoms in total. The van der Waals surface area contributed by atoms with Gasteiger partial charge in [-0.15, -0.1) is 0 Å². The summed E-state index contributed by atoms with van der Waals surface area (Å²) < 4.78 is 5.62. The first-order valence-electron chi connectivity index (χ1n) is 7.61. The predicted octanol–water partition coefficient (Wildman–Crippen LogP) is 3.81. The van der Waals surface area contributed by atoms with E-state index < -0.39 is 0 Å². The Morgan fingerprint density at radius 3 is 2.65 bits per heavy atom. The number of rotatable bonds is 5. The molecule has 0 saturated heterocycles. The zero-order valence-corrected chi connectivity index (χ0v) is 13.0. The SMILES string of the molecule is CCc1ccc(NC(=O)COc2cccc3cccnc23)cc1. The molecule has 3 rings (SSSR count). The molecule has 0 spiro atoms. The van der Waals surface area contributed by atoms with E-state index in [4.69, 9.17) is 4.74 Å². The number of carbonyl (C=O) groups excluding carboxylic acids is 1. The van der Waals surface area contributed by atoms with Gasteiger partial charge in [0.05, 0.1) is 0 Å². The standard InChI is InChI=1S/C19H18N2O2/c1-2-14-8-10-16(11-9-14)21-18(22)13-23-17-7-3-5-15-6-4-12-20-19(15)17/h3-12H,2,13H2,1H3,(H,21,22). The summed E-state index contributed by atoms with van der Waals surface area (Å²) in [4.78, 5) is 16.3.